The van der Waals surface area contributed by atoms with Crippen molar-refractivity contribution in [1.29, 1.82) is 0 Å². The number of amides is 3. The fourth-order valence-corrected chi connectivity index (χ4v) is 5.17. The Hall–Kier alpha value is -6.87. The van der Waals surface area contributed by atoms with E-state index >= 15 is 0 Å². The SMILES string of the molecule is Cn1c(COc2ccc(COC(=O)Oc3ccc([N+](=O)[O-])cc3)cc2NC(=O)CCC(=O)CCOCCOCCCC(=O)CCN2C(=O)C=CC2=O)cnc1[N+](=O)[O-]. The summed E-state index contributed by atoms with van der Waals surface area (Å²) in [6.07, 6.45) is 3.06. The first-order chi connectivity index (χ1) is 27.8. The Morgan fingerprint density at radius 1 is 0.793 bits per heavy atom. The number of aromatic nitrogens is 2. The number of imidazole rings is 1. The zero-order valence-electron chi connectivity index (χ0n) is 31.3. The summed E-state index contributed by atoms with van der Waals surface area (Å²) in [5, 5.41) is 24.7. The molecule has 0 saturated heterocycles. The molecule has 1 aromatic heterocycles. The number of Topliss-reactive ketones (excluding diaryl/α,β-unsaturated/α-hetero) is 2. The third-order valence-electron chi connectivity index (χ3n) is 8.31. The third-order valence-corrected chi connectivity index (χ3v) is 8.31. The number of benzene rings is 2. The molecule has 58 heavy (non-hydrogen) atoms. The number of carbonyl (C=O) groups is 6. The van der Waals surface area contributed by atoms with Crippen molar-refractivity contribution < 1.29 is 62.3 Å². The van der Waals surface area contributed by atoms with E-state index in [1.165, 1.54) is 60.3 Å². The number of imide groups is 1. The number of rotatable bonds is 25. The van der Waals surface area contributed by atoms with Gasteiger partial charge in [0.1, 0.15) is 42.5 Å². The largest absolute Gasteiger partial charge is 0.514 e. The topological polar surface area (TPSA) is 268 Å². The van der Waals surface area contributed by atoms with Crippen LogP contribution in [0.15, 0.2) is 60.8 Å². The molecule has 21 heteroatoms. The highest BCUT2D eigenvalue weighted by atomic mass is 16.7. The Bertz CT molecular complexity index is 2010. The third kappa shape index (κ3) is 14.0. The van der Waals surface area contributed by atoms with Gasteiger partial charge in [0, 0.05) is 69.5 Å². The summed E-state index contributed by atoms with van der Waals surface area (Å²) in [6, 6.07) is 9.26. The van der Waals surface area contributed by atoms with Crippen LogP contribution in [0.4, 0.5) is 22.1 Å². The van der Waals surface area contributed by atoms with Crippen molar-refractivity contribution >= 4 is 52.8 Å². The van der Waals surface area contributed by atoms with E-state index in [0.29, 0.717) is 24.3 Å². The van der Waals surface area contributed by atoms with Crippen LogP contribution >= 0.6 is 0 Å². The van der Waals surface area contributed by atoms with E-state index in [4.69, 9.17) is 23.7 Å². The molecule has 21 nitrogen and oxygen atoms in total. The molecule has 1 aliphatic rings. The summed E-state index contributed by atoms with van der Waals surface area (Å²) in [6.45, 7) is 0.424. The van der Waals surface area contributed by atoms with Crippen LogP contribution in [0.5, 0.6) is 11.5 Å². The van der Waals surface area contributed by atoms with E-state index in [1.54, 1.807) is 0 Å². The molecule has 0 aliphatic carbocycles. The lowest BCUT2D eigenvalue weighted by molar-refractivity contribution is -0.396. The first kappa shape index (κ1) is 43.9. The predicted octanol–water partition coefficient (Wildman–Crippen LogP) is 3.91. The van der Waals surface area contributed by atoms with Crippen molar-refractivity contribution in [2.45, 2.75) is 51.7 Å². The fraction of sp³-hybridized carbons (Fsp3) is 0.378. The molecule has 308 valence electrons. The first-order valence-electron chi connectivity index (χ1n) is 17.8. The maximum absolute atomic E-state index is 12.9. The van der Waals surface area contributed by atoms with Crippen LogP contribution in [-0.4, -0.2) is 92.7 Å². The molecule has 1 aliphatic heterocycles. The Labute approximate surface area is 330 Å². The zero-order chi connectivity index (χ0) is 42.0. The highest BCUT2D eigenvalue weighted by Crippen LogP contribution is 2.28. The van der Waals surface area contributed by atoms with Crippen molar-refractivity contribution in [3.8, 4) is 11.5 Å². The summed E-state index contributed by atoms with van der Waals surface area (Å²) in [5.41, 5.74) is 0.716. The normalized spacial score (nSPS) is 12.1. The smallest absolute Gasteiger partial charge is 0.484 e. The minimum absolute atomic E-state index is 0.0142. The Morgan fingerprint density at radius 2 is 1.48 bits per heavy atom. The van der Waals surface area contributed by atoms with Gasteiger partial charge in [-0.15, -0.1) is 0 Å². The Kier molecular flexibility index (Phi) is 16.6. The fourth-order valence-electron chi connectivity index (χ4n) is 5.17. The number of hydrogen-bond donors (Lipinski definition) is 1. The molecule has 0 radical (unpaired) electrons. The van der Waals surface area contributed by atoms with Gasteiger partial charge in [0.2, 0.25) is 5.91 Å². The molecular formula is C37H40N6O15. The number of nitro benzene ring substituents is 1. The standard InChI is InChI=1S/C37H40N6O15/c1-40-27(22-38-36(40)43(52)53)24-56-32-10-4-25(23-57-37(49)58-30-8-5-26(6-9-30)42(50)51)21-31(32)39-33(46)11-7-29(45)15-18-55-20-19-54-17-2-3-28(44)14-16-41-34(47)12-13-35(41)48/h4-6,8-10,12-13,21-22H,2-3,7,11,14-20,23-24H2,1H3,(H,39,46). The number of non-ortho nitro benzene ring substituents is 1. The molecule has 0 bridgehead atoms. The molecule has 0 spiro atoms. The summed E-state index contributed by atoms with van der Waals surface area (Å²) in [5.74, 6) is -1.93. The van der Waals surface area contributed by atoms with Gasteiger partial charge in [-0.25, -0.2) is 9.36 Å². The number of nitrogens with zero attached hydrogens (tertiary/aromatic N) is 5. The summed E-state index contributed by atoms with van der Waals surface area (Å²) >= 11 is 0. The van der Waals surface area contributed by atoms with E-state index in [0.717, 1.165) is 17.0 Å². The second-order valence-corrected chi connectivity index (χ2v) is 12.5. The molecule has 0 unspecified atom stereocenters. The number of hydrogen-bond acceptors (Lipinski definition) is 16. The number of ether oxygens (including phenoxy) is 5. The van der Waals surface area contributed by atoms with E-state index in [2.05, 4.69) is 10.3 Å². The van der Waals surface area contributed by atoms with Crippen LogP contribution in [0.3, 0.4) is 0 Å². The molecule has 2 heterocycles. The maximum atomic E-state index is 12.9. The monoisotopic (exact) mass is 808 g/mol. The van der Waals surface area contributed by atoms with Crippen LogP contribution < -0.4 is 14.8 Å². The van der Waals surface area contributed by atoms with Gasteiger partial charge >= 0.3 is 12.1 Å². The van der Waals surface area contributed by atoms with Gasteiger partial charge in [-0.1, -0.05) is 11.1 Å². The second kappa shape index (κ2) is 22.0. The number of nitrogens with one attached hydrogen (secondary N) is 1. The summed E-state index contributed by atoms with van der Waals surface area (Å²) in [7, 11) is 1.44. The molecule has 4 rings (SSSR count). The number of anilines is 1. The molecule has 2 aromatic carbocycles. The quantitative estimate of drug-likeness (QED) is 0.0317. The van der Waals surface area contributed by atoms with Crippen LogP contribution in [-0.2, 0) is 58.4 Å². The lowest BCUT2D eigenvalue weighted by Gasteiger charge is -2.14. The second-order valence-electron chi connectivity index (χ2n) is 12.5. The van der Waals surface area contributed by atoms with E-state index in [1.807, 2.05) is 0 Å². The Balaban J connectivity index is 1.18. The summed E-state index contributed by atoms with van der Waals surface area (Å²) in [4.78, 5) is 98.3. The lowest BCUT2D eigenvalue weighted by atomic mass is 10.1. The van der Waals surface area contributed by atoms with Crippen molar-refractivity contribution in [2.75, 3.05) is 38.3 Å². The van der Waals surface area contributed by atoms with Gasteiger partial charge < -0.3 is 39.1 Å². The van der Waals surface area contributed by atoms with Crippen LogP contribution in [0.25, 0.3) is 0 Å². The first-order valence-corrected chi connectivity index (χ1v) is 17.8. The van der Waals surface area contributed by atoms with Gasteiger partial charge in [0.15, 0.2) is 5.69 Å². The van der Waals surface area contributed by atoms with E-state index < -0.39 is 39.7 Å². The van der Waals surface area contributed by atoms with Crippen molar-refractivity contribution in [3.63, 3.8) is 0 Å². The van der Waals surface area contributed by atoms with Gasteiger partial charge in [-0.3, -0.25) is 39.0 Å². The predicted molar refractivity (Wildman–Crippen MR) is 198 cm³/mol. The van der Waals surface area contributed by atoms with Crippen LogP contribution in [0, 0.1) is 20.2 Å². The lowest BCUT2D eigenvalue weighted by Crippen LogP contribution is -2.32. The number of carbonyl (C=O) groups excluding carboxylic acids is 6. The van der Waals surface area contributed by atoms with Gasteiger partial charge in [0.05, 0.1) is 37.5 Å². The van der Waals surface area contributed by atoms with Crippen molar-refractivity contribution in [3.05, 3.63) is 92.3 Å². The Morgan fingerprint density at radius 3 is 2.16 bits per heavy atom. The number of nitro groups is 2. The van der Waals surface area contributed by atoms with Crippen molar-refractivity contribution in [2.24, 2.45) is 7.05 Å². The highest BCUT2D eigenvalue weighted by molar-refractivity contribution is 6.13. The highest BCUT2D eigenvalue weighted by Gasteiger charge is 2.23. The van der Waals surface area contributed by atoms with Gasteiger partial charge in [-0.05, 0) is 41.2 Å². The molecule has 3 aromatic rings. The number of ketones is 2. The van der Waals surface area contributed by atoms with E-state index in [9.17, 15) is 49.0 Å². The average Bonchev–Trinajstić information content (AvgIpc) is 3.73. The molecular weight excluding hydrogens is 768 g/mol. The minimum atomic E-state index is -1.10. The van der Waals surface area contributed by atoms with Crippen LogP contribution in [0.1, 0.15) is 49.8 Å². The minimum Gasteiger partial charge on any atom is -0.484 e. The van der Waals surface area contributed by atoms with E-state index in [-0.39, 0.29) is 106 Å². The summed E-state index contributed by atoms with van der Waals surface area (Å²) < 4.78 is 28.2. The molecule has 0 atom stereocenters. The molecule has 0 fully saturated rings. The molecule has 1 N–H and O–H groups in total. The van der Waals surface area contributed by atoms with Gasteiger partial charge in [0.25, 0.3) is 17.5 Å². The van der Waals surface area contributed by atoms with Crippen molar-refractivity contribution in [1.82, 2.24) is 14.5 Å². The molecule has 0 saturated carbocycles. The molecule has 3 amide bonds. The average molecular weight is 809 g/mol. The van der Waals surface area contributed by atoms with Crippen LogP contribution in [0.2, 0.25) is 0 Å². The zero-order valence-corrected chi connectivity index (χ0v) is 31.3. The maximum Gasteiger partial charge on any atom is 0.514 e. The van der Waals surface area contributed by atoms with Gasteiger partial charge in [-0.2, -0.15) is 0 Å².